The predicted molar refractivity (Wildman–Crippen MR) is 81.0 cm³/mol. The normalized spacial score (nSPS) is 11.7. The quantitative estimate of drug-likeness (QED) is 0.546. The molecular formula is C15H21BrF3N. The Bertz CT molecular complexity index is 405. The number of halogens is 4. The first-order valence-corrected chi connectivity index (χ1v) is 7.85. The van der Waals surface area contributed by atoms with Crippen LogP contribution in [-0.4, -0.2) is 6.54 Å². The highest BCUT2D eigenvalue weighted by Crippen LogP contribution is 2.36. The molecule has 1 N–H and O–H groups in total. The van der Waals surface area contributed by atoms with Crippen LogP contribution >= 0.6 is 15.9 Å². The average Bonchev–Trinajstić information content (AvgIpc) is 2.38. The molecule has 0 fully saturated rings. The molecule has 0 aliphatic heterocycles. The van der Waals surface area contributed by atoms with E-state index in [1.54, 1.807) is 6.07 Å². The van der Waals surface area contributed by atoms with Crippen molar-refractivity contribution in [3.05, 3.63) is 28.2 Å². The van der Waals surface area contributed by atoms with Crippen molar-refractivity contribution < 1.29 is 13.2 Å². The third kappa shape index (κ3) is 6.16. The van der Waals surface area contributed by atoms with Crippen molar-refractivity contribution in [3.8, 4) is 0 Å². The van der Waals surface area contributed by atoms with E-state index in [1.165, 1.54) is 31.7 Å². The minimum atomic E-state index is -4.32. The van der Waals surface area contributed by atoms with E-state index >= 15 is 0 Å². The molecule has 0 heterocycles. The summed E-state index contributed by atoms with van der Waals surface area (Å²) in [6, 6.07) is 4.25. The number of hydrogen-bond acceptors (Lipinski definition) is 1. The van der Waals surface area contributed by atoms with E-state index in [0.29, 0.717) is 12.2 Å². The fourth-order valence-corrected chi connectivity index (χ4v) is 2.46. The largest absolute Gasteiger partial charge is 0.417 e. The molecule has 0 saturated heterocycles. The highest BCUT2D eigenvalue weighted by Gasteiger charge is 2.33. The molecule has 1 aromatic rings. The van der Waals surface area contributed by atoms with Crippen molar-refractivity contribution in [1.82, 2.24) is 0 Å². The first-order chi connectivity index (χ1) is 9.45. The lowest BCUT2D eigenvalue weighted by Crippen LogP contribution is -2.08. The van der Waals surface area contributed by atoms with E-state index in [-0.39, 0.29) is 4.47 Å². The van der Waals surface area contributed by atoms with Crippen LogP contribution in [0.2, 0.25) is 0 Å². The summed E-state index contributed by atoms with van der Waals surface area (Å²) < 4.78 is 38.3. The molecular weight excluding hydrogens is 331 g/mol. The molecule has 0 bridgehead atoms. The monoisotopic (exact) mass is 351 g/mol. The Balaban J connectivity index is 2.38. The standard InChI is InChI=1S/C15H21BrF3N/c1-2-3-4-5-6-7-10-20-12-8-9-14(16)13(11-12)15(17,18)19/h8-9,11,20H,2-7,10H2,1H3. The van der Waals surface area contributed by atoms with E-state index in [4.69, 9.17) is 0 Å². The number of alkyl halides is 3. The topological polar surface area (TPSA) is 12.0 Å². The van der Waals surface area contributed by atoms with Crippen LogP contribution in [0, 0.1) is 0 Å². The molecule has 114 valence electrons. The molecule has 5 heteroatoms. The van der Waals surface area contributed by atoms with E-state index in [2.05, 4.69) is 28.2 Å². The summed E-state index contributed by atoms with van der Waals surface area (Å²) in [5, 5.41) is 3.05. The molecule has 0 saturated carbocycles. The zero-order valence-corrected chi connectivity index (χ0v) is 13.3. The Kier molecular flexibility index (Phi) is 7.41. The van der Waals surface area contributed by atoms with Crippen LogP contribution in [0.3, 0.4) is 0 Å². The fourth-order valence-electron chi connectivity index (χ4n) is 1.99. The summed E-state index contributed by atoms with van der Waals surface area (Å²) in [6.45, 7) is 2.89. The molecule has 0 aromatic heterocycles. The molecule has 20 heavy (non-hydrogen) atoms. The van der Waals surface area contributed by atoms with Gasteiger partial charge in [-0.3, -0.25) is 0 Å². The average molecular weight is 352 g/mol. The Morgan fingerprint density at radius 2 is 1.70 bits per heavy atom. The highest BCUT2D eigenvalue weighted by atomic mass is 79.9. The van der Waals surface area contributed by atoms with E-state index in [9.17, 15) is 13.2 Å². The molecule has 0 aliphatic carbocycles. The van der Waals surface area contributed by atoms with Gasteiger partial charge in [0.2, 0.25) is 0 Å². The molecule has 0 atom stereocenters. The van der Waals surface area contributed by atoms with Gasteiger partial charge in [-0.05, 0) is 24.6 Å². The van der Waals surface area contributed by atoms with Gasteiger partial charge >= 0.3 is 6.18 Å². The zero-order valence-electron chi connectivity index (χ0n) is 11.7. The van der Waals surface area contributed by atoms with Crippen molar-refractivity contribution in [3.63, 3.8) is 0 Å². The molecule has 1 nitrogen and oxygen atoms in total. The van der Waals surface area contributed by atoms with Crippen molar-refractivity contribution in [2.45, 2.75) is 51.6 Å². The summed E-state index contributed by atoms with van der Waals surface area (Å²) in [5.41, 5.74) is -0.112. The Hall–Kier alpha value is -0.710. The van der Waals surface area contributed by atoms with Crippen LogP contribution in [0.5, 0.6) is 0 Å². The van der Waals surface area contributed by atoms with Crippen molar-refractivity contribution in [2.24, 2.45) is 0 Å². The zero-order chi connectivity index (χ0) is 15.0. The smallest absolute Gasteiger partial charge is 0.385 e. The molecule has 0 unspecified atom stereocenters. The van der Waals surface area contributed by atoms with Crippen LogP contribution in [0.15, 0.2) is 22.7 Å². The number of hydrogen-bond donors (Lipinski definition) is 1. The van der Waals surface area contributed by atoms with Crippen LogP contribution in [0.4, 0.5) is 18.9 Å². The second kappa shape index (κ2) is 8.55. The summed E-state index contributed by atoms with van der Waals surface area (Å²) in [4.78, 5) is 0. The SMILES string of the molecule is CCCCCCCCNc1ccc(Br)c(C(F)(F)F)c1. The lowest BCUT2D eigenvalue weighted by molar-refractivity contribution is -0.138. The third-order valence-electron chi connectivity index (χ3n) is 3.13. The molecule has 0 spiro atoms. The number of benzene rings is 1. The minimum absolute atomic E-state index is 0.0788. The maximum absolute atomic E-state index is 12.7. The van der Waals surface area contributed by atoms with Gasteiger partial charge < -0.3 is 5.32 Å². The van der Waals surface area contributed by atoms with Crippen molar-refractivity contribution >= 4 is 21.6 Å². The highest BCUT2D eigenvalue weighted by molar-refractivity contribution is 9.10. The number of rotatable bonds is 8. The number of unbranched alkanes of at least 4 members (excludes halogenated alkanes) is 5. The van der Waals surface area contributed by atoms with Gasteiger partial charge in [-0.1, -0.05) is 55.0 Å². The van der Waals surface area contributed by atoms with E-state index in [0.717, 1.165) is 18.9 Å². The maximum atomic E-state index is 12.7. The summed E-state index contributed by atoms with van der Waals surface area (Å²) in [7, 11) is 0. The minimum Gasteiger partial charge on any atom is -0.385 e. The Morgan fingerprint density at radius 3 is 2.35 bits per heavy atom. The fraction of sp³-hybridized carbons (Fsp3) is 0.600. The Labute approximate surface area is 127 Å². The van der Waals surface area contributed by atoms with Crippen LogP contribution < -0.4 is 5.32 Å². The predicted octanol–water partition coefficient (Wildman–Crippen LogP) is 6.24. The molecule has 0 radical (unpaired) electrons. The van der Waals surface area contributed by atoms with Gasteiger partial charge in [0.1, 0.15) is 0 Å². The van der Waals surface area contributed by atoms with Crippen LogP contribution in [0.1, 0.15) is 51.0 Å². The van der Waals surface area contributed by atoms with Gasteiger partial charge in [-0.15, -0.1) is 0 Å². The first-order valence-electron chi connectivity index (χ1n) is 7.05. The van der Waals surface area contributed by atoms with Crippen LogP contribution in [0.25, 0.3) is 0 Å². The van der Waals surface area contributed by atoms with Crippen molar-refractivity contribution in [2.75, 3.05) is 11.9 Å². The first kappa shape index (κ1) is 17.3. The second-order valence-corrected chi connectivity index (χ2v) is 5.74. The van der Waals surface area contributed by atoms with Gasteiger partial charge in [0.25, 0.3) is 0 Å². The van der Waals surface area contributed by atoms with Crippen LogP contribution in [-0.2, 0) is 6.18 Å². The van der Waals surface area contributed by atoms with Gasteiger partial charge in [0, 0.05) is 16.7 Å². The van der Waals surface area contributed by atoms with E-state index < -0.39 is 11.7 Å². The summed E-state index contributed by atoms with van der Waals surface area (Å²) >= 11 is 2.94. The summed E-state index contributed by atoms with van der Waals surface area (Å²) in [6.07, 6.45) is 2.70. The van der Waals surface area contributed by atoms with Gasteiger partial charge in [-0.25, -0.2) is 0 Å². The molecule has 1 aromatic carbocycles. The third-order valence-corrected chi connectivity index (χ3v) is 3.82. The van der Waals surface area contributed by atoms with Gasteiger partial charge in [-0.2, -0.15) is 13.2 Å². The number of anilines is 1. The summed E-state index contributed by atoms with van der Waals surface area (Å²) in [5.74, 6) is 0. The molecule has 0 amide bonds. The van der Waals surface area contributed by atoms with Gasteiger partial charge in [0.15, 0.2) is 0 Å². The van der Waals surface area contributed by atoms with Crippen molar-refractivity contribution in [1.29, 1.82) is 0 Å². The lowest BCUT2D eigenvalue weighted by Gasteiger charge is -2.12. The molecule has 1 rings (SSSR count). The number of nitrogens with one attached hydrogen (secondary N) is 1. The molecule has 0 aliphatic rings. The van der Waals surface area contributed by atoms with Gasteiger partial charge in [0.05, 0.1) is 5.56 Å². The second-order valence-electron chi connectivity index (χ2n) is 4.89. The van der Waals surface area contributed by atoms with E-state index in [1.807, 2.05) is 0 Å². The maximum Gasteiger partial charge on any atom is 0.417 e. The Morgan fingerprint density at radius 1 is 1.05 bits per heavy atom. The lowest BCUT2D eigenvalue weighted by atomic mass is 10.1.